The minimum Gasteiger partial charge on any atom is -0.385 e. The quantitative estimate of drug-likeness (QED) is 0.889. The molecular formula is C10H10ClN3O2. The molecule has 0 aliphatic heterocycles. The average Bonchev–Trinajstić information content (AvgIpc) is 2.78. The minimum atomic E-state index is -0.710. The van der Waals surface area contributed by atoms with Crippen LogP contribution in [0.15, 0.2) is 23.0 Å². The van der Waals surface area contributed by atoms with Crippen LogP contribution in [0.25, 0.3) is 11.5 Å². The zero-order valence-electron chi connectivity index (χ0n) is 8.59. The summed E-state index contributed by atoms with van der Waals surface area (Å²) in [4.78, 5) is 7.93. The molecule has 1 N–H and O–H groups in total. The van der Waals surface area contributed by atoms with Crippen LogP contribution in [0.5, 0.6) is 0 Å². The monoisotopic (exact) mass is 239 g/mol. The van der Waals surface area contributed by atoms with Gasteiger partial charge in [0.15, 0.2) is 0 Å². The lowest BCUT2D eigenvalue weighted by Crippen LogP contribution is -1.97. The zero-order chi connectivity index (χ0) is 11.5. The van der Waals surface area contributed by atoms with E-state index in [-0.39, 0.29) is 11.7 Å². The first-order valence-electron chi connectivity index (χ1n) is 4.84. The molecule has 0 fully saturated rings. The van der Waals surface area contributed by atoms with Gasteiger partial charge in [0.1, 0.15) is 6.10 Å². The summed E-state index contributed by atoms with van der Waals surface area (Å²) in [5.74, 6) is 0.556. The van der Waals surface area contributed by atoms with Crippen molar-refractivity contribution in [3.63, 3.8) is 0 Å². The van der Waals surface area contributed by atoms with E-state index in [1.54, 1.807) is 12.3 Å². The fraction of sp³-hybridized carbons (Fsp3) is 0.300. The summed E-state index contributed by atoms with van der Waals surface area (Å²) >= 11 is 5.93. The third kappa shape index (κ3) is 2.05. The van der Waals surface area contributed by atoms with Crippen molar-refractivity contribution in [3.05, 3.63) is 29.3 Å². The zero-order valence-corrected chi connectivity index (χ0v) is 9.35. The largest absolute Gasteiger partial charge is 0.385 e. The molecule has 84 valence electrons. The molecule has 16 heavy (non-hydrogen) atoms. The van der Waals surface area contributed by atoms with Gasteiger partial charge in [-0.2, -0.15) is 4.98 Å². The molecule has 2 aromatic rings. The maximum atomic E-state index is 9.53. The molecule has 1 unspecified atom stereocenters. The summed E-state index contributed by atoms with van der Waals surface area (Å²) in [6, 6.07) is 1.68. The molecule has 0 bridgehead atoms. The lowest BCUT2D eigenvalue weighted by atomic mass is 10.2. The second kappa shape index (κ2) is 4.59. The lowest BCUT2D eigenvalue weighted by Gasteiger charge is -1.98. The van der Waals surface area contributed by atoms with E-state index in [2.05, 4.69) is 15.1 Å². The Kier molecular flexibility index (Phi) is 3.17. The van der Waals surface area contributed by atoms with Gasteiger partial charge in [-0.3, -0.25) is 4.98 Å². The maximum Gasteiger partial charge on any atom is 0.259 e. The highest BCUT2D eigenvalue weighted by Gasteiger charge is 2.16. The molecule has 0 aliphatic rings. The SMILES string of the molecule is CCC(O)c1noc(-c2ccncc2Cl)n1. The van der Waals surface area contributed by atoms with Gasteiger partial charge in [-0.05, 0) is 12.5 Å². The topological polar surface area (TPSA) is 72.0 Å². The normalized spacial score (nSPS) is 12.7. The smallest absolute Gasteiger partial charge is 0.259 e. The molecule has 0 saturated heterocycles. The summed E-state index contributed by atoms with van der Waals surface area (Å²) in [5.41, 5.74) is 0.610. The van der Waals surface area contributed by atoms with Gasteiger partial charge in [-0.15, -0.1) is 0 Å². The first kappa shape index (κ1) is 11.0. The molecule has 6 heteroatoms. The standard InChI is InChI=1S/C10H10ClN3O2/c1-2-8(15)9-13-10(16-14-9)6-3-4-12-5-7(6)11/h3-5,8,15H,2H2,1H3. The Morgan fingerprint density at radius 2 is 2.38 bits per heavy atom. The fourth-order valence-corrected chi connectivity index (χ4v) is 1.41. The van der Waals surface area contributed by atoms with E-state index in [1.165, 1.54) is 6.20 Å². The van der Waals surface area contributed by atoms with Crippen molar-refractivity contribution >= 4 is 11.6 Å². The van der Waals surface area contributed by atoms with Crippen LogP contribution in [0.2, 0.25) is 5.02 Å². The summed E-state index contributed by atoms with van der Waals surface area (Å²) in [7, 11) is 0. The Labute approximate surface area is 97.1 Å². The van der Waals surface area contributed by atoms with Crippen LogP contribution in [0.1, 0.15) is 25.3 Å². The van der Waals surface area contributed by atoms with Gasteiger partial charge in [0.2, 0.25) is 5.82 Å². The predicted molar refractivity (Wildman–Crippen MR) is 57.8 cm³/mol. The first-order valence-corrected chi connectivity index (χ1v) is 5.21. The van der Waals surface area contributed by atoms with Gasteiger partial charge in [0.05, 0.1) is 10.6 Å². The summed E-state index contributed by atoms with van der Waals surface area (Å²) in [6.07, 6.45) is 2.90. The molecule has 0 aromatic carbocycles. The van der Waals surface area contributed by atoms with Crippen molar-refractivity contribution in [2.24, 2.45) is 0 Å². The highest BCUT2D eigenvalue weighted by molar-refractivity contribution is 6.32. The number of pyridine rings is 1. The first-order chi connectivity index (χ1) is 7.72. The number of aliphatic hydroxyl groups excluding tert-OH is 1. The van der Waals surface area contributed by atoms with Crippen LogP contribution < -0.4 is 0 Å². The van der Waals surface area contributed by atoms with Crippen molar-refractivity contribution in [2.45, 2.75) is 19.4 Å². The molecule has 5 nitrogen and oxygen atoms in total. The van der Waals surface area contributed by atoms with Gasteiger partial charge < -0.3 is 9.63 Å². The summed E-state index contributed by atoms with van der Waals surface area (Å²) in [5, 5.41) is 13.7. The molecule has 2 heterocycles. The highest BCUT2D eigenvalue weighted by Crippen LogP contribution is 2.26. The van der Waals surface area contributed by atoms with Crippen LogP contribution in [0.3, 0.4) is 0 Å². The molecule has 0 saturated carbocycles. The van der Waals surface area contributed by atoms with E-state index in [9.17, 15) is 5.11 Å². The minimum absolute atomic E-state index is 0.269. The van der Waals surface area contributed by atoms with Gasteiger partial charge in [0.25, 0.3) is 5.89 Å². The van der Waals surface area contributed by atoms with Crippen LogP contribution in [-0.2, 0) is 0 Å². The van der Waals surface area contributed by atoms with E-state index in [0.29, 0.717) is 17.0 Å². The predicted octanol–water partition coefficient (Wildman–Crippen LogP) is 2.23. The van der Waals surface area contributed by atoms with E-state index in [0.717, 1.165) is 0 Å². The molecule has 0 radical (unpaired) electrons. The molecule has 0 aliphatic carbocycles. The number of aliphatic hydroxyl groups is 1. The van der Waals surface area contributed by atoms with Crippen molar-refractivity contribution in [1.29, 1.82) is 0 Å². The van der Waals surface area contributed by atoms with Crippen LogP contribution in [-0.4, -0.2) is 20.2 Å². The number of hydrogen-bond acceptors (Lipinski definition) is 5. The van der Waals surface area contributed by atoms with E-state index in [4.69, 9.17) is 16.1 Å². The molecule has 2 rings (SSSR count). The maximum absolute atomic E-state index is 9.53. The lowest BCUT2D eigenvalue weighted by molar-refractivity contribution is 0.159. The highest BCUT2D eigenvalue weighted by atomic mass is 35.5. The number of rotatable bonds is 3. The number of hydrogen-bond donors (Lipinski definition) is 1. The summed E-state index contributed by atoms with van der Waals surface area (Å²) in [6.45, 7) is 1.83. The average molecular weight is 240 g/mol. The van der Waals surface area contributed by atoms with E-state index in [1.807, 2.05) is 6.92 Å². The number of nitrogens with zero attached hydrogens (tertiary/aromatic N) is 3. The van der Waals surface area contributed by atoms with Crippen molar-refractivity contribution in [3.8, 4) is 11.5 Å². The summed E-state index contributed by atoms with van der Waals surface area (Å²) < 4.78 is 5.02. The van der Waals surface area contributed by atoms with Gasteiger partial charge >= 0.3 is 0 Å². The third-order valence-corrected chi connectivity index (χ3v) is 2.43. The Balaban J connectivity index is 2.35. The van der Waals surface area contributed by atoms with Crippen molar-refractivity contribution in [1.82, 2.24) is 15.1 Å². The fourth-order valence-electron chi connectivity index (χ4n) is 1.21. The number of aromatic nitrogens is 3. The second-order valence-electron chi connectivity index (χ2n) is 3.24. The van der Waals surface area contributed by atoms with Crippen molar-refractivity contribution < 1.29 is 9.63 Å². The van der Waals surface area contributed by atoms with Gasteiger partial charge in [0, 0.05) is 12.4 Å². The third-order valence-electron chi connectivity index (χ3n) is 2.13. The molecule has 0 amide bonds. The van der Waals surface area contributed by atoms with Gasteiger partial charge in [-0.1, -0.05) is 23.7 Å². The Morgan fingerprint density at radius 3 is 3.06 bits per heavy atom. The Morgan fingerprint density at radius 1 is 1.56 bits per heavy atom. The number of halogens is 1. The molecule has 0 spiro atoms. The van der Waals surface area contributed by atoms with E-state index >= 15 is 0 Å². The van der Waals surface area contributed by atoms with Crippen molar-refractivity contribution in [2.75, 3.05) is 0 Å². The van der Waals surface area contributed by atoms with Crippen LogP contribution >= 0.6 is 11.6 Å². The molecular weight excluding hydrogens is 230 g/mol. The van der Waals surface area contributed by atoms with Crippen LogP contribution in [0.4, 0.5) is 0 Å². The molecule has 1 atom stereocenters. The van der Waals surface area contributed by atoms with Crippen LogP contribution in [0, 0.1) is 0 Å². The molecule has 2 aromatic heterocycles. The van der Waals surface area contributed by atoms with Gasteiger partial charge in [-0.25, -0.2) is 0 Å². The van der Waals surface area contributed by atoms with E-state index < -0.39 is 6.10 Å². The Bertz CT molecular complexity index is 486. The Hall–Kier alpha value is -1.46. The second-order valence-corrected chi connectivity index (χ2v) is 3.64.